The summed E-state index contributed by atoms with van der Waals surface area (Å²) < 4.78 is 29.7. The van der Waals surface area contributed by atoms with E-state index < -0.39 is 11.2 Å². The summed E-state index contributed by atoms with van der Waals surface area (Å²) >= 11 is 0. The third-order valence-electron chi connectivity index (χ3n) is 9.54. The van der Waals surface area contributed by atoms with Crippen LogP contribution in [-0.2, 0) is 11.2 Å². The highest BCUT2D eigenvalue weighted by Crippen LogP contribution is 2.59. The van der Waals surface area contributed by atoms with E-state index in [4.69, 9.17) is 23.7 Å². The Hall–Kier alpha value is -4.94. The van der Waals surface area contributed by atoms with E-state index in [0.29, 0.717) is 17.9 Å². The van der Waals surface area contributed by atoms with Crippen molar-refractivity contribution >= 4 is 16.8 Å². The Balaban J connectivity index is 1.55. The van der Waals surface area contributed by atoms with Crippen molar-refractivity contribution in [2.45, 2.75) is 37.4 Å². The zero-order valence-corrected chi connectivity index (χ0v) is 26.8. The number of methoxy groups -OCH3 is 4. The highest BCUT2D eigenvalue weighted by Gasteiger charge is 2.47. The van der Waals surface area contributed by atoms with Crippen LogP contribution in [0.2, 0.25) is 0 Å². The van der Waals surface area contributed by atoms with Crippen LogP contribution < -0.4 is 23.7 Å². The molecular formula is C40H38O6. The summed E-state index contributed by atoms with van der Waals surface area (Å²) in [7, 11) is 6.66. The van der Waals surface area contributed by atoms with Crippen molar-refractivity contribution < 1.29 is 28.8 Å². The fraction of sp³-hybridized carbons (Fsp3) is 0.250. The Kier molecular flexibility index (Phi) is 7.41. The summed E-state index contributed by atoms with van der Waals surface area (Å²) in [6.45, 7) is 2.15. The van der Waals surface area contributed by atoms with Crippen LogP contribution in [0.15, 0.2) is 91.0 Å². The topological polar surface area (TPSA) is 66.4 Å². The van der Waals surface area contributed by atoms with Gasteiger partial charge in [0, 0.05) is 27.6 Å². The molecule has 0 spiro atoms. The zero-order valence-electron chi connectivity index (χ0n) is 26.8. The first-order valence-electron chi connectivity index (χ1n) is 15.7. The molecule has 6 heteroatoms. The summed E-state index contributed by atoms with van der Waals surface area (Å²) in [5, 5.41) is 14.7. The predicted molar refractivity (Wildman–Crippen MR) is 181 cm³/mol. The molecule has 1 aliphatic heterocycles. The maximum absolute atomic E-state index is 12.8. The molecule has 0 aromatic heterocycles. The summed E-state index contributed by atoms with van der Waals surface area (Å²) in [5.41, 5.74) is 4.26. The standard InChI is InChI=1S/C40H38O6/c1-6-7-21-39(41)35-24-30(45-5)17-19-32(35)36-31-18-16-29(44-4)23-34(31)38-33(37(36)39)20-22-40(46-38,25-8-12-27(42-2)13-9-25)26-10-14-28(43-3)15-11-26/h8-20,22-24,41H,6-7,21H2,1-5H3. The lowest BCUT2D eigenvalue weighted by atomic mass is 9.79. The summed E-state index contributed by atoms with van der Waals surface area (Å²) in [6.07, 6.45) is 6.61. The fourth-order valence-electron chi connectivity index (χ4n) is 7.15. The number of ether oxygens (including phenoxy) is 5. The molecule has 0 saturated carbocycles. The molecule has 1 unspecified atom stereocenters. The average molecular weight is 615 g/mol. The van der Waals surface area contributed by atoms with Crippen molar-refractivity contribution in [2.24, 2.45) is 0 Å². The normalized spacial score (nSPS) is 17.1. The van der Waals surface area contributed by atoms with Gasteiger partial charge in [0.05, 0.1) is 28.4 Å². The van der Waals surface area contributed by atoms with Crippen molar-refractivity contribution in [1.82, 2.24) is 0 Å². The highest BCUT2D eigenvalue weighted by molar-refractivity contribution is 6.08. The minimum absolute atomic E-state index is 0.570. The third kappa shape index (κ3) is 4.43. The van der Waals surface area contributed by atoms with E-state index in [1.54, 1.807) is 28.4 Å². The van der Waals surface area contributed by atoms with Gasteiger partial charge in [-0.05, 0) is 89.2 Å². The number of rotatable bonds is 9. The van der Waals surface area contributed by atoms with E-state index in [1.807, 2.05) is 72.8 Å². The molecule has 2 aliphatic rings. The van der Waals surface area contributed by atoms with Crippen LogP contribution >= 0.6 is 0 Å². The molecular weight excluding hydrogens is 576 g/mol. The van der Waals surface area contributed by atoms with Gasteiger partial charge in [-0.15, -0.1) is 0 Å². The van der Waals surface area contributed by atoms with Crippen molar-refractivity contribution in [2.75, 3.05) is 28.4 Å². The first-order valence-corrected chi connectivity index (χ1v) is 15.7. The summed E-state index contributed by atoms with van der Waals surface area (Å²) in [6, 6.07) is 28.0. The Morgan fingerprint density at radius 2 is 1.24 bits per heavy atom. The lowest BCUT2D eigenvalue weighted by Gasteiger charge is -2.38. The smallest absolute Gasteiger partial charge is 0.178 e. The first-order chi connectivity index (χ1) is 22.4. The molecule has 1 atom stereocenters. The largest absolute Gasteiger partial charge is 0.497 e. The number of benzene rings is 5. The van der Waals surface area contributed by atoms with Gasteiger partial charge >= 0.3 is 0 Å². The van der Waals surface area contributed by atoms with Gasteiger partial charge in [-0.2, -0.15) is 0 Å². The molecule has 46 heavy (non-hydrogen) atoms. The van der Waals surface area contributed by atoms with Gasteiger partial charge in [-0.1, -0.05) is 56.2 Å². The second kappa shape index (κ2) is 11.5. The molecule has 0 fully saturated rings. The average Bonchev–Trinajstić information content (AvgIpc) is 3.38. The Bertz CT molecular complexity index is 1910. The van der Waals surface area contributed by atoms with Gasteiger partial charge in [-0.25, -0.2) is 0 Å². The molecule has 0 bridgehead atoms. The van der Waals surface area contributed by atoms with Crippen LogP contribution in [0.1, 0.15) is 54.0 Å². The molecule has 0 amide bonds. The third-order valence-corrected chi connectivity index (χ3v) is 9.54. The maximum Gasteiger partial charge on any atom is 0.178 e. The quantitative estimate of drug-likeness (QED) is 0.179. The van der Waals surface area contributed by atoms with Crippen LogP contribution in [0, 0.1) is 0 Å². The van der Waals surface area contributed by atoms with Crippen LogP contribution in [-0.4, -0.2) is 33.5 Å². The molecule has 6 nitrogen and oxygen atoms in total. The first kappa shape index (κ1) is 29.8. The molecule has 1 N–H and O–H groups in total. The van der Waals surface area contributed by atoms with Gasteiger partial charge < -0.3 is 28.8 Å². The summed E-state index contributed by atoms with van der Waals surface area (Å²) in [4.78, 5) is 0. The number of hydrogen-bond acceptors (Lipinski definition) is 6. The van der Waals surface area contributed by atoms with Crippen molar-refractivity contribution in [3.05, 3.63) is 119 Å². The SMILES string of the molecule is CCCCC1(O)c2cc(OC)ccc2-c2c1c1c(c3cc(OC)ccc23)OC(c2ccc(OC)cc2)(c2ccc(OC)cc2)C=C1. The summed E-state index contributed by atoms with van der Waals surface area (Å²) in [5.74, 6) is 3.65. The predicted octanol–water partition coefficient (Wildman–Crippen LogP) is 8.63. The minimum Gasteiger partial charge on any atom is -0.497 e. The molecule has 234 valence electrons. The molecule has 0 radical (unpaired) electrons. The van der Waals surface area contributed by atoms with Gasteiger partial charge in [0.1, 0.15) is 34.3 Å². The molecule has 0 saturated heterocycles. The van der Waals surface area contributed by atoms with Crippen molar-refractivity contribution in [3.63, 3.8) is 0 Å². The maximum atomic E-state index is 12.8. The Morgan fingerprint density at radius 3 is 1.83 bits per heavy atom. The second-order valence-electron chi connectivity index (χ2n) is 11.9. The van der Waals surface area contributed by atoms with E-state index >= 15 is 0 Å². The monoisotopic (exact) mass is 614 g/mol. The fourth-order valence-corrected chi connectivity index (χ4v) is 7.15. The highest BCUT2D eigenvalue weighted by atomic mass is 16.5. The van der Waals surface area contributed by atoms with Crippen LogP contribution in [0.4, 0.5) is 0 Å². The Morgan fingerprint density at radius 1 is 0.674 bits per heavy atom. The van der Waals surface area contributed by atoms with E-state index in [0.717, 1.165) is 79.8 Å². The van der Waals surface area contributed by atoms with Crippen LogP contribution in [0.5, 0.6) is 28.7 Å². The molecule has 7 rings (SSSR count). The molecule has 1 aliphatic carbocycles. The number of fused-ring (bicyclic) bond motifs is 8. The number of unbranched alkanes of at least 4 members (excludes halogenated alkanes) is 1. The van der Waals surface area contributed by atoms with Crippen LogP contribution in [0.3, 0.4) is 0 Å². The van der Waals surface area contributed by atoms with E-state index in [9.17, 15) is 5.11 Å². The minimum atomic E-state index is -1.23. The molecule has 1 heterocycles. The zero-order chi connectivity index (χ0) is 32.1. The lowest BCUT2D eigenvalue weighted by molar-refractivity contribution is 0.0719. The van der Waals surface area contributed by atoms with Gasteiger partial charge in [0.15, 0.2) is 5.60 Å². The van der Waals surface area contributed by atoms with E-state index in [-0.39, 0.29) is 0 Å². The van der Waals surface area contributed by atoms with E-state index in [1.165, 1.54) is 0 Å². The van der Waals surface area contributed by atoms with Gasteiger partial charge in [0.2, 0.25) is 0 Å². The second-order valence-corrected chi connectivity index (χ2v) is 11.9. The van der Waals surface area contributed by atoms with Crippen molar-refractivity contribution in [1.29, 1.82) is 0 Å². The van der Waals surface area contributed by atoms with Crippen molar-refractivity contribution in [3.8, 4) is 39.9 Å². The molecule has 5 aromatic rings. The van der Waals surface area contributed by atoms with Gasteiger partial charge in [0.25, 0.3) is 0 Å². The van der Waals surface area contributed by atoms with E-state index in [2.05, 4.69) is 31.2 Å². The van der Waals surface area contributed by atoms with Gasteiger partial charge in [-0.3, -0.25) is 0 Å². The Labute approximate surface area is 269 Å². The van der Waals surface area contributed by atoms with Crippen LogP contribution in [0.25, 0.3) is 28.0 Å². The number of aliphatic hydroxyl groups is 1. The lowest BCUT2D eigenvalue weighted by Crippen LogP contribution is -2.35. The number of hydrogen-bond donors (Lipinski definition) is 1. The molecule has 5 aromatic carbocycles.